The maximum atomic E-state index is 11.8. The first-order valence-corrected chi connectivity index (χ1v) is 5.80. The molecule has 16 heavy (non-hydrogen) atoms. The molecule has 4 nitrogen and oxygen atoms in total. The summed E-state index contributed by atoms with van der Waals surface area (Å²) < 4.78 is 10.5. The van der Waals surface area contributed by atoms with E-state index in [1.807, 2.05) is 12.2 Å². The van der Waals surface area contributed by atoms with E-state index in [-0.39, 0.29) is 17.8 Å². The summed E-state index contributed by atoms with van der Waals surface area (Å²) in [7, 11) is 0. The lowest BCUT2D eigenvalue weighted by Crippen LogP contribution is -2.49. The number of ether oxygens (including phenoxy) is 2. The molecule has 2 fully saturated rings. The molecule has 0 aromatic rings. The fourth-order valence-electron chi connectivity index (χ4n) is 3.14. The molecule has 0 unspecified atom stereocenters. The van der Waals surface area contributed by atoms with Gasteiger partial charge in [-0.15, -0.1) is 0 Å². The van der Waals surface area contributed by atoms with Gasteiger partial charge >= 0.3 is 6.16 Å². The van der Waals surface area contributed by atoms with Crippen LogP contribution in [-0.4, -0.2) is 23.6 Å². The number of carbonyl (C=O) groups is 2. The number of hydrogen-bond acceptors (Lipinski definition) is 4. The Morgan fingerprint density at radius 2 is 2.19 bits per heavy atom. The third-order valence-corrected chi connectivity index (χ3v) is 3.91. The SMILES string of the molecule is O=C1O[C@H]2CC=CC[C@@]2([C@H]2CCCC2=O)O1. The van der Waals surface area contributed by atoms with Crippen molar-refractivity contribution in [3.05, 3.63) is 12.2 Å². The predicted molar refractivity (Wildman–Crippen MR) is 54.8 cm³/mol. The Bertz CT molecular complexity index is 373. The monoisotopic (exact) mass is 222 g/mol. The normalized spacial score (nSPS) is 41.8. The first-order chi connectivity index (χ1) is 7.72. The minimum atomic E-state index is -0.695. The second-order valence-electron chi connectivity index (χ2n) is 4.74. The first-order valence-electron chi connectivity index (χ1n) is 5.80. The topological polar surface area (TPSA) is 52.6 Å². The number of hydrogen-bond donors (Lipinski definition) is 0. The maximum absolute atomic E-state index is 11.8. The summed E-state index contributed by atoms with van der Waals surface area (Å²) in [5.74, 6) is 0.0625. The molecule has 3 rings (SSSR count). The molecule has 0 bridgehead atoms. The van der Waals surface area contributed by atoms with Gasteiger partial charge < -0.3 is 9.47 Å². The van der Waals surface area contributed by atoms with Gasteiger partial charge in [-0.3, -0.25) is 4.79 Å². The molecular weight excluding hydrogens is 208 g/mol. The minimum absolute atomic E-state index is 0.158. The van der Waals surface area contributed by atoms with Crippen LogP contribution in [0.2, 0.25) is 0 Å². The molecule has 86 valence electrons. The molecule has 0 spiro atoms. The number of Topliss-reactive ketones (excluding diaryl/α,β-unsaturated/α-hetero) is 1. The van der Waals surface area contributed by atoms with Crippen molar-refractivity contribution >= 4 is 11.9 Å². The van der Waals surface area contributed by atoms with Crippen LogP contribution in [0.15, 0.2) is 12.2 Å². The summed E-state index contributed by atoms with van der Waals surface area (Å²) in [5, 5.41) is 0. The van der Waals surface area contributed by atoms with E-state index in [1.54, 1.807) is 0 Å². The van der Waals surface area contributed by atoms with Crippen molar-refractivity contribution in [2.45, 2.75) is 43.8 Å². The highest BCUT2D eigenvalue weighted by atomic mass is 16.8. The third kappa shape index (κ3) is 1.22. The van der Waals surface area contributed by atoms with Gasteiger partial charge in [-0.05, 0) is 12.8 Å². The van der Waals surface area contributed by atoms with Gasteiger partial charge in [-0.1, -0.05) is 12.2 Å². The van der Waals surface area contributed by atoms with Crippen molar-refractivity contribution in [2.75, 3.05) is 0 Å². The molecule has 0 amide bonds. The summed E-state index contributed by atoms with van der Waals surface area (Å²) in [6.07, 6.45) is 6.70. The second-order valence-corrected chi connectivity index (χ2v) is 4.74. The lowest BCUT2D eigenvalue weighted by atomic mass is 9.75. The van der Waals surface area contributed by atoms with E-state index < -0.39 is 11.8 Å². The Morgan fingerprint density at radius 1 is 1.31 bits per heavy atom. The standard InChI is InChI=1S/C12H14O4/c13-9-5-3-4-8(9)12-7-2-1-6-10(12)15-11(14)16-12/h1-2,8,10H,3-7H2/t8-,10-,12-/m0/s1. The van der Waals surface area contributed by atoms with Crippen LogP contribution in [0.3, 0.4) is 0 Å². The molecule has 3 atom stereocenters. The Kier molecular flexibility index (Phi) is 2.06. The van der Waals surface area contributed by atoms with Crippen LogP contribution in [0.4, 0.5) is 4.79 Å². The molecule has 0 N–H and O–H groups in total. The van der Waals surface area contributed by atoms with Gasteiger partial charge in [-0.2, -0.15) is 0 Å². The van der Waals surface area contributed by atoms with Crippen molar-refractivity contribution in [3.63, 3.8) is 0 Å². The fraction of sp³-hybridized carbons (Fsp3) is 0.667. The maximum Gasteiger partial charge on any atom is 0.509 e. The van der Waals surface area contributed by atoms with E-state index in [4.69, 9.17) is 9.47 Å². The zero-order valence-electron chi connectivity index (χ0n) is 8.98. The van der Waals surface area contributed by atoms with Gasteiger partial charge in [0.25, 0.3) is 0 Å². The number of ketones is 1. The lowest BCUT2D eigenvalue weighted by molar-refractivity contribution is -0.129. The van der Waals surface area contributed by atoms with Crippen LogP contribution in [0.25, 0.3) is 0 Å². The van der Waals surface area contributed by atoms with Gasteiger partial charge in [0.15, 0.2) is 5.60 Å². The Morgan fingerprint density at radius 3 is 2.94 bits per heavy atom. The van der Waals surface area contributed by atoms with E-state index in [1.165, 1.54) is 0 Å². The van der Waals surface area contributed by atoms with Crippen LogP contribution < -0.4 is 0 Å². The van der Waals surface area contributed by atoms with Crippen molar-refractivity contribution in [1.82, 2.24) is 0 Å². The molecule has 0 aromatic carbocycles. The van der Waals surface area contributed by atoms with Gasteiger partial charge in [0.1, 0.15) is 11.9 Å². The van der Waals surface area contributed by atoms with Crippen molar-refractivity contribution in [3.8, 4) is 0 Å². The Labute approximate surface area is 93.6 Å². The molecule has 1 aliphatic heterocycles. The summed E-state index contributed by atoms with van der Waals surface area (Å²) in [5.41, 5.74) is -0.695. The molecule has 0 radical (unpaired) electrons. The average molecular weight is 222 g/mol. The Hall–Kier alpha value is -1.32. The molecule has 1 saturated heterocycles. The van der Waals surface area contributed by atoms with E-state index in [2.05, 4.69) is 0 Å². The Balaban J connectivity index is 1.96. The largest absolute Gasteiger partial charge is 0.509 e. The lowest BCUT2D eigenvalue weighted by Gasteiger charge is -2.36. The minimum Gasteiger partial charge on any atom is -0.426 e. The molecule has 0 aromatic heterocycles. The van der Waals surface area contributed by atoms with E-state index >= 15 is 0 Å². The molecule has 2 aliphatic carbocycles. The number of fused-ring (bicyclic) bond motifs is 1. The number of carbonyl (C=O) groups excluding carboxylic acids is 2. The molecule has 1 heterocycles. The zero-order valence-corrected chi connectivity index (χ0v) is 8.98. The summed E-state index contributed by atoms with van der Waals surface area (Å²) in [6, 6.07) is 0. The highest BCUT2D eigenvalue weighted by Gasteiger charge is 2.58. The first kappa shape index (κ1) is 9.87. The summed E-state index contributed by atoms with van der Waals surface area (Å²) in [4.78, 5) is 23.1. The predicted octanol–water partition coefficient (Wildman–Crippen LogP) is 1.98. The highest BCUT2D eigenvalue weighted by Crippen LogP contribution is 2.46. The highest BCUT2D eigenvalue weighted by molar-refractivity contribution is 5.85. The van der Waals surface area contributed by atoms with Crippen molar-refractivity contribution in [1.29, 1.82) is 0 Å². The summed E-state index contributed by atoms with van der Waals surface area (Å²) in [6.45, 7) is 0. The second kappa shape index (κ2) is 3.34. The molecule has 1 saturated carbocycles. The summed E-state index contributed by atoms with van der Waals surface area (Å²) >= 11 is 0. The van der Waals surface area contributed by atoms with Gasteiger partial charge in [0.05, 0.1) is 5.92 Å². The van der Waals surface area contributed by atoms with Crippen LogP contribution in [0.5, 0.6) is 0 Å². The van der Waals surface area contributed by atoms with Gasteiger partial charge in [-0.25, -0.2) is 4.79 Å². The molecular formula is C12H14O4. The average Bonchev–Trinajstić information content (AvgIpc) is 2.80. The van der Waals surface area contributed by atoms with E-state index in [0.29, 0.717) is 19.3 Å². The van der Waals surface area contributed by atoms with Crippen molar-refractivity contribution in [2.24, 2.45) is 5.92 Å². The van der Waals surface area contributed by atoms with Crippen molar-refractivity contribution < 1.29 is 19.1 Å². The van der Waals surface area contributed by atoms with Crippen LogP contribution in [0.1, 0.15) is 32.1 Å². The van der Waals surface area contributed by atoms with E-state index in [9.17, 15) is 9.59 Å². The van der Waals surface area contributed by atoms with Crippen LogP contribution >= 0.6 is 0 Å². The number of rotatable bonds is 1. The molecule has 4 heteroatoms. The van der Waals surface area contributed by atoms with Gasteiger partial charge in [0, 0.05) is 19.3 Å². The quantitative estimate of drug-likeness (QED) is 0.503. The van der Waals surface area contributed by atoms with E-state index in [0.717, 1.165) is 12.8 Å². The molecule has 3 aliphatic rings. The van der Waals surface area contributed by atoms with Gasteiger partial charge in [0.2, 0.25) is 0 Å². The van der Waals surface area contributed by atoms with Crippen LogP contribution in [-0.2, 0) is 14.3 Å². The smallest absolute Gasteiger partial charge is 0.426 e. The fourth-order valence-corrected chi connectivity index (χ4v) is 3.14. The zero-order chi connectivity index (χ0) is 11.2. The van der Waals surface area contributed by atoms with Crippen LogP contribution in [0, 0.1) is 5.92 Å². The third-order valence-electron chi connectivity index (χ3n) is 3.91.